The fraction of sp³-hybridized carbons (Fsp3) is 0.118. The summed E-state index contributed by atoms with van der Waals surface area (Å²) in [5.41, 5.74) is 3.64. The maximum Gasteiger partial charge on any atom is 0.104 e. The Kier molecular flexibility index (Phi) is 3.59. The molecule has 0 saturated heterocycles. The Morgan fingerprint density at radius 3 is 2.52 bits per heavy atom. The van der Waals surface area contributed by atoms with E-state index >= 15 is 0 Å². The Labute approximate surface area is 127 Å². The van der Waals surface area contributed by atoms with Crippen LogP contribution in [0.1, 0.15) is 16.8 Å². The van der Waals surface area contributed by atoms with E-state index in [1.54, 1.807) is 0 Å². The Hall–Kier alpha value is -2.38. The molecular weight excluding hydrogens is 278 g/mol. The van der Waals surface area contributed by atoms with E-state index in [1.807, 2.05) is 56.3 Å². The summed E-state index contributed by atoms with van der Waals surface area (Å²) in [6, 6.07) is 15.8. The zero-order valence-corrected chi connectivity index (χ0v) is 12.6. The van der Waals surface area contributed by atoms with Crippen LogP contribution in [-0.4, -0.2) is 9.97 Å². The van der Waals surface area contributed by atoms with E-state index in [1.165, 1.54) is 17.3 Å². The molecule has 3 aromatic rings. The van der Waals surface area contributed by atoms with Gasteiger partial charge < -0.3 is 0 Å². The average Bonchev–Trinajstić information content (AvgIpc) is 2.45. The van der Waals surface area contributed by atoms with Crippen LogP contribution in [0.3, 0.4) is 0 Å². The summed E-state index contributed by atoms with van der Waals surface area (Å²) < 4.78 is 0. The molecule has 3 rings (SSSR count). The Morgan fingerprint density at radius 2 is 1.76 bits per heavy atom. The van der Waals surface area contributed by atoms with Gasteiger partial charge in [-0.2, -0.15) is 5.26 Å². The van der Waals surface area contributed by atoms with Gasteiger partial charge in [0, 0.05) is 11.1 Å². The number of aromatic nitrogens is 2. The van der Waals surface area contributed by atoms with Crippen molar-refractivity contribution in [2.45, 2.75) is 23.9 Å². The highest BCUT2D eigenvalue weighted by Crippen LogP contribution is 2.29. The van der Waals surface area contributed by atoms with E-state index in [2.05, 4.69) is 16.0 Å². The van der Waals surface area contributed by atoms with Crippen LogP contribution >= 0.6 is 11.8 Å². The molecule has 0 radical (unpaired) electrons. The van der Waals surface area contributed by atoms with Crippen LogP contribution < -0.4 is 0 Å². The molecule has 3 nitrogen and oxygen atoms in total. The van der Waals surface area contributed by atoms with E-state index in [0.29, 0.717) is 5.56 Å². The summed E-state index contributed by atoms with van der Waals surface area (Å²) >= 11 is 1.49. The van der Waals surface area contributed by atoms with E-state index < -0.39 is 0 Å². The third kappa shape index (κ3) is 2.88. The van der Waals surface area contributed by atoms with Crippen molar-refractivity contribution < 1.29 is 0 Å². The van der Waals surface area contributed by atoms with Gasteiger partial charge in [-0.25, -0.2) is 9.97 Å². The lowest BCUT2D eigenvalue weighted by Gasteiger charge is -2.06. The summed E-state index contributed by atoms with van der Waals surface area (Å²) in [6.45, 7) is 4.03. The number of para-hydroxylation sites is 1. The van der Waals surface area contributed by atoms with Crippen molar-refractivity contribution in [2.24, 2.45) is 0 Å². The summed E-state index contributed by atoms with van der Waals surface area (Å²) in [7, 11) is 0. The lowest BCUT2D eigenvalue weighted by molar-refractivity contribution is 1.04. The molecule has 1 aromatic carbocycles. The molecule has 4 heteroatoms. The Bertz CT molecular complexity index is 845. The number of hydrogen-bond donors (Lipinski definition) is 0. The Balaban J connectivity index is 2.07. The van der Waals surface area contributed by atoms with Crippen LogP contribution in [0.25, 0.3) is 10.9 Å². The van der Waals surface area contributed by atoms with Gasteiger partial charge in [0.25, 0.3) is 0 Å². The molecule has 0 aliphatic carbocycles. The second-order valence-corrected chi connectivity index (χ2v) is 5.90. The van der Waals surface area contributed by atoms with Crippen molar-refractivity contribution in [1.29, 1.82) is 5.26 Å². The van der Waals surface area contributed by atoms with E-state index in [-0.39, 0.29) is 0 Å². The zero-order chi connectivity index (χ0) is 14.8. The normalized spacial score (nSPS) is 10.5. The Morgan fingerprint density at radius 1 is 1.00 bits per heavy atom. The topological polar surface area (TPSA) is 49.6 Å². The molecule has 0 fully saturated rings. The predicted molar refractivity (Wildman–Crippen MR) is 84.3 cm³/mol. The lowest BCUT2D eigenvalue weighted by atomic mass is 10.1. The number of nitriles is 1. The fourth-order valence-electron chi connectivity index (χ4n) is 2.26. The van der Waals surface area contributed by atoms with Gasteiger partial charge in [0.1, 0.15) is 10.1 Å². The van der Waals surface area contributed by atoms with Gasteiger partial charge in [0.15, 0.2) is 0 Å². The molecule has 0 bridgehead atoms. The predicted octanol–water partition coefficient (Wildman–Crippen LogP) is 4.27. The first-order valence-electron chi connectivity index (χ1n) is 6.59. The highest BCUT2D eigenvalue weighted by atomic mass is 32.2. The summed E-state index contributed by atoms with van der Waals surface area (Å²) in [4.78, 5) is 9.12. The molecule has 2 aromatic heterocycles. The van der Waals surface area contributed by atoms with Crippen LogP contribution in [0.2, 0.25) is 0 Å². The minimum Gasteiger partial charge on any atom is -0.246 e. The van der Waals surface area contributed by atoms with E-state index in [0.717, 1.165) is 26.6 Å². The van der Waals surface area contributed by atoms with Crippen molar-refractivity contribution in [2.75, 3.05) is 0 Å². The lowest BCUT2D eigenvalue weighted by Crippen LogP contribution is -1.90. The van der Waals surface area contributed by atoms with Gasteiger partial charge in [-0.3, -0.25) is 0 Å². The number of fused-ring (bicyclic) bond motifs is 1. The SMILES string of the molecule is Cc1cc(C)nc(Sc2cc(C#N)c3ccccc3n2)c1. The summed E-state index contributed by atoms with van der Waals surface area (Å²) in [5.74, 6) is 0. The fourth-order valence-corrected chi connectivity index (χ4v) is 3.23. The molecule has 0 saturated carbocycles. The van der Waals surface area contributed by atoms with Crippen LogP contribution in [0.4, 0.5) is 0 Å². The van der Waals surface area contributed by atoms with Crippen molar-refractivity contribution in [1.82, 2.24) is 9.97 Å². The monoisotopic (exact) mass is 291 g/mol. The first-order valence-corrected chi connectivity index (χ1v) is 7.40. The zero-order valence-electron chi connectivity index (χ0n) is 11.8. The molecule has 0 aliphatic heterocycles. The third-order valence-electron chi connectivity index (χ3n) is 3.10. The maximum atomic E-state index is 9.31. The van der Waals surface area contributed by atoms with Gasteiger partial charge in [0.2, 0.25) is 0 Å². The molecular formula is C17H13N3S. The van der Waals surface area contributed by atoms with Gasteiger partial charge in [-0.1, -0.05) is 30.0 Å². The number of aryl methyl sites for hydroxylation is 2. The second-order valence-electron chi connectivity index (χ2n) is 4.86. The van der Waals surface area contributed by atoms with Gasteiger partial charge in [0.05, 0.1) is 17.1 Å². The quantitative estimate of drug-likeness (QED) is 0.707. The van der Waals surface area contributed by atoms with Crippen LogP contribution in [-0.2, 0) is 0 Å². The van der Waals surface area contributed by atoms with Gasteiger partial charge >= 0.3 is 0 Å². The number of benzene rings is 1. The minimum atomic E-state index is 0.646. The molecule has 0 amide bonds. The standard InChI is InChI=1S/C17H13N3S/c1-11-7-12(2)19-16(8-11)21-17-9-13(10-18)14-5-3-4-6-15(14)20-17/h3-9H,1-2H3. The van der Waals surface area contributed by atoms with Crippen molar-refractivity contribution in [3.63, 3.8) is 0 Å². The highest BCUT2D eigenvalue weighted by Gasteiger charge is 2.08. The largest absolute Gasteiger partial charge is 0.246 e. The molecule has 21 heavy (non-hydrogen) atoms. The number of pyridine rings is 2. The molecule has 0 unspecified atom stereocenters. The first kappa shape index (κ1) is 13.6. The van der Waals surface area contributed by atoms with Gasteiger partial charge in [-0.15, -0.1) is 0 Å². The minimum absolute atomic E-state index is 0.646. The number of hydrogen-bond acceptors (Lipinski definition) is 4. The van der Waals surface area contributed by atoms with Crippen molar-refractivity contribution in [3.05, 3.63) is 59.3 Å². The summed E-state index contributed by atoms with van der Waals surface area (Å²) in [6.07, 6.45) is 0. The van der Waals surface area contributed by atoms with E-state index in [4.69, 9.17) is 0 Å². The molecule has 0 aliphatic rings. The molecule has 2 heterocycles. The first-order chi connectivity index (χ1) is 10.2. The van der Waals surface area contributed by atoms with Crippen molar-refractivity contribution >= 4 is 22.7 Å². The van der Waals surface area contributed by atoms with Crippen LogP contribution in [0.5, 0.6) is 0 Å². The smallest absolute Gasteiger partial charge is 0.104 e. The molecule has 0 atom stereocenters. The average molecular weight is 291 g/mol. The highest BCUT2D eigenvalue weighted by molar-refractivity contribution is 7.99. The third-order valence-corrected chi connectivity index (χ3v) is 3.93. The van der Waals surface area contributed by atoms with Crippen molar-refractivity contribution in [3.8, 4) is 6.07 Å². The summed E-state index contributed by atoms with van der Waals surface area (Å²) in [5, 5.41) is 11.9. The van der Waals surface area contributed by atoms with Crippen LogP contribution in [0.15, 0.2) is 52.5 Å². The van der Waals surface area contributed by atoms with Gasteiger partial charge in [-0.05, 0) is 43.7 Å². The van der Waals surface area contributed by atoms with Crippen LogP contribution in [0, 0.1) is 25.2 Å². The number of nitrogens with zero attached hydrogens (tertiary/aromatic N) is 3. The maximum absolute atomic E-state index is 9.31. The molecule has 0 spiro atoms. The molecule has 102 valence electrons. The second kappa shape index (κ2) is 5.55. The molecule has 0 N–H and O–H groups in total. The van der Waals surface area contributed by atoms with E-state index in [9.17, 15) is 5.26 Å². The number of rotatable bonds is 2.